The van der Waals surface area contributed by atoms with Crippen molar-refractivity contribution in [1.29, 1.82) is 0 Å². The van der Waals surface area contributed by atoms with E-state index in [4.69, 9.17) is 5.73 Å². The smallest absolute Gasteiger partial charge is 0.366 e. The molecule has 0 unspecified atom stereocenters. The second-order valence-electron chi connectivity index (χ2n) is 3.24. The largest absolute Gasteiger partial charge is 0.416 e. The van der Waals surface area contributed by atoms with E-state index < -0.39 is 17.6 Å². The summed E-state index contributed by atoms with van der Waals surface area (Å²) in [5.41, 5.74) is 4.53. The molecule has 0 atom stereocenters. The Hall–Kier alpha value is -2.04. The summed E-state index contributed by atoms with van der Waals surface area (Å²) in [5, 5.41) is 0. The molecule has 0 saturated carbocycles. The minimum Gasteiger partial charge on any atom is -0.366 e. The number of allylic oxidation sites excluding steroid dienone is 2. The normalized spacial score (nSPS) is 12.4. The van der Waals surface area contributed by atoms with Gasteiger partial charge in [-0.1, -0.05) is 30.4 Å². The quantitative estimate of drug-likeness (QED) is 0.641. The predicted octanol–water partition coefficient (Wildman–Crippen LogP) is 2.76. The fourth-order valence-corrected chi connectivity index (χ4v) is 1.14. The van der Waals surface area contributed by atoms with Crippen LogP contribution in [0.15, 0.2) is 42.5 Å². The van der Waals surface area contributed by atoms with E-state index >= 15 is 0 Å². The van der Waals surface area contributed by atoms with Crippen LogP contribution in [0.1, 0.15) is 11.1 Å². The third-order valence-electron chi connectivity index (χ3n) is 1.87. The van der Waals surface area contributed by atoms with Gasteiger partial charge in [0.15, 0.2) is 0 Å². The first-order valence-electron chi connectivity index (χ1n) is 4.71. The molecule has 17 heavy (non-hydrogen) atoms. The zero-order valence-corrected chi connectivity index (χ0v) is 8.74. The van der Waals surface area contributed by atoms with Gasteiger partial charge >= 0.3 is 6.18 Å². The van der Waals surface area contributed by atoms with Crippen molar-refractivity contribution in [3.05, 3.63) is 53.6 Å². The van der Waals surface area contributed by atoms with Crippen LogP contribution in [0.3, 0.4) is 0 Å². The Labute approximate surface area is 96.2 Å². The highest BCUT2D eigenvalue weighted by Crippen LogP contribution is 2.29. The number of benzene rings is 1. The van der Waals surface area contributed by atoms with Crippen LogP contribution in [-0.4, -0.2) is 5.91 Å². The molecule has 0 fully saturated rings. The highest BCUT2D eigenvalue weighted by Gasteiger charge is 2.30. The first-order chi connectivity index (χ1) is 7.89. The topological polar surface area (TPSA) is 43.1 Å². The summed E-state index contributed by atoms with van der Waals surface area (Å²) < 4.78 is 37.1. The Balaban J connectivity index is 2.83. The molecule has 2 nitrogen and oxygen atoms in total. The summed E-state index contributed by atoms with van der Waals surface area (Å²) in [6.45, 7) is 0. The molecule has 0 aliphatic rings. The van der Waals surface area contributed by atoms with Gasteiger partial charge in [-0.05, 0) is 17.7 Å². The van der Waals surface area contributed by atoms with Gasteiger partial charge in [-0.15, -0.1) is 0 Å². The standard InChI is InChI=1S/C12H10F3NO/c13-12(14,15)10-6-3-5-9(8-10)4-1-2-7-11(16)17/h1-8H,(H2,16,17). The first kappa shape index (κ1) is 13.0. The van der Waals surface area contributed by atoms with Gasteiger partial charge in [0.1, 0.15) is 0 Å². The van der Waals surface area contributed by atoms with E-state index in [0.717, 1.165) is 18.2 Å². The molecule has 5 heteroatoms. The number of rotatable bonds is 3. The summed E-state index contributed by atoms with van der Waals surface area (Å²) in [6, 6.07) is 4.87. The highest BCUT2D eigenvalue weighted by molar-refractivity contribution is 5.86. The zero-order chi connectivity index (χ0) is 12.9. The van der Waals surface area contributed by atoms with Crippen molar-refractivity contribution in [1.82, 2.24) is 0 Å². The number of primary amides is 1. The van der Waals surface area contributed by atoms with Gasteiger partial charge in [-0.3, -0.25) is 4.79 Å². The molecule has 0 saturated heterocycles. The summed E-state index contributed by atoms with van der Waals surface area (Å²) in [5.74, 6) is -0.612. The van der Waals surface area contributed by atoms with Crippen LogP contribution in [0.4, 0.5) is 13.2 Å². The van der Waals surface area contributed by atoms with Crippen LogP contribution < -0.4 is 5.73 Å². The molecule has 0 aliphatic carbocycles. The van der Waals surface area contributed by atoms with Gasteiger partial charge < -0.3 is 5.73 Å². The second kappa shape index (κ2) is 5.34. The minimum absolute atomic E-state index is 0.397. The third-order valence-corrected chi connectivity index (χ3v) is 1.87. The van der Waals surface area contributed by atoms with Crippen molar-refractivity contribution in [3.8, 4) is 0 Å². The summed E-state index contributed by atoms with van der Waals surface area (Å²) >= 11 is 0. The zero-order valence-electron chi connectivity index (χ0n) is 8.74. The molecule has 2 N–H and O–H groups in total. The highest BCUT2D eigenvalue weighted by atomic mass is 19.4. The molecule has 90 valence electrons. The fourth-order valence-electron chi connectivity index (χ4n) is 1.14. The SMILES string of the molecule is NC(=O)C=CC=Cc1cccc(C(F)(F)F)c1. The van der Waals surface area contributed by atoms with Crippen molar-refractivity contribution in [2.75, 3.05) is 0 Å². The van der Waals surface area contributed by atoms with Crippen LogP contribution in [0, 0.1) is 0 Å². The van der Waals surface area contributed by atoms with Crippen LogP contribution in [0.5, 0.6) is 0 Å². The number of amides is 1. The number of halogens is 3. The van der Waals surface area contributed by atoms with Gasteiger partial charge in [0, 0.05) is 6.08 Å². The minimum atomic E-state index is -4.35. The van der Waals surface area contributed by atoms with Crippen LogP contribution in [-0.2, 0) is 11.0 Å². The van der Waals surface area contributed by atoms with Gasteiger partial charge in [0.2, 0.25) is 5.91 Å². The molecule has 1 aromatic rings. The van der Waals surface area contributed by atoms with E-state index in [-0.39, 0.29) is 0 Å². The summed E-state index contributed by atoms with van der Waals surface area (Å²) in [7, 11) is 0. The van der Waals surface area contributed by atoms with Crippen LogP contribution >= 0.6 is 0 Å². The lowest BCUT2D eigenvalue weighted by molar-refractivity contribution is -0.137. The number of carbonyl (C=O) groups is 1. The average molecular weight is 241 g/mol. The van der Waals surface area contributed by atoms with Gasteiger partial charge in [0.25, 0.3) is 0 Å². The van der Waals surface area contributed by atoms with Crippen molar-refractivity contribution < 1.29 is 18.0 Å². The van der Waals surface area contributed by atoms with Crippen molar-refractivity contribution >= 4 is 12.0 Å². The number of carbonyl (C=O) groups excluding carboxylic acids is 1. The lowest BCUT2D eigenvalue weighted by atomic mass is 10.1. The molecule has 0 bridgehead atoms. The number of hydrogen-bond donors (Lipinski definition) is 1. The number of hydrogen-bond acceptors (Lipinski definition) is 1. The molecular weight excluding hydrogens is 231 g/mol. The molecular formula is C12H10F3NO. The van der Waals surface area contributed by atoms with Gasteiger partial charge in [0.05, 0.1) is 5.56 Å². The molecule has 0 radical (unpaired) electrons. The average Bonchev–Trinajstić information content (AvgIpc) is 2.23. The van der Waals surface area contributed by atoms with E-state index in [9.17, 15) is 18.0 Å². The Bertz CT molecular complexity index is 461. The Morgan fingerprint density at radius 3 is 2.53 bits per heavy atom. The fraction of sp³-hybridized carbons (Fsp3) is 0.0833. The second-order valence-corrected chi connectivity index (χ2v) is 3.24. The number of nitrogens with two attached hydrogens (primary N) is 1. The maximum absolute atomic E-state index is 12.4. The summed E-state index contributed by atoms with van der Waals surface area (Å²) in [4.78, 5) is 10.3. The van der Waals surface area contributed by atoms with Gasteiger partial charge in [-0.2, -0.15) is 13.2 Å². The Morgan fingerprint density at radius 1 is 1.24 bits per heavy atom. The van der Waals surface area contributed by atoms with Crippen molar-refractivity contribution in [2.24, 2.45) is 5.73 Å². The first-order valence-corrected chi connectivity index (χ1v) is 4.71. The molecule has 1 rings (SSSR count). The van der Waals surface area contributed by atoms with Crippen LogP contribution in [0.2, 0.25) is 0 Å². The van der Waals surface area contributed by atoms with Crippen molar-refractivity contribution in [3.63, 3.8) is 0 Å². The monoisotopic (exact) mass is 241 g/mol. The lowest BCUT2D eigenvalue weighted by Gasteiger charge is -2.06. The van der Waals surface area contributed by atoms with E-state index in [2.05, 4.69) is 0 Å². The van der Waals surface area contributed by atoms with Crippen molar-refractivity contribution in [2.45, 2.75) is 6.18 Å². The molecule has 0 aromatic heterocycles. The molecule has 0 heterocycles. The maximum Gasteiger partial charge on any atom is 0.416 e. The van der Waals surface area contributed by atoms with Gasteiger partial charge in [-0.25, -0.2) is 0 Å². The maximum atomic E-state index is 12.4. The lowest BCUT2D eigenvalue weighted by Crippen LogP contribution is -2.05. The van der Waals surface area contributed by atoms with E-state index in [0.29, 0.717) is 5.56 Å². The Morgan fingerprint density at radius 2 is 1.94 bits per heavy atom. The molecule has 0 aliphatic heterocycles. The van der Waals surface area contributed by atoms with E-state index in [1.54, 1.807) is 0 Å². The molecule has 1 aromatic carbocycles. The van der Waals surface area contributed by atoms with E-state index in [1.165, 1.54) is 30.4 Å². The Kier molecular flexibility index (Phi) is 4.09. The van der Waals surface area contributed by atoms with E-state index in [1.807, 2.05) is 0 Å². The molecule has 1 amide bonds. The van der Waals surface area contributed by atoms with Crippen LogP contribution in [0.25, 0.3) is 6.08 Å². The number of alkyl halides is 3. The third kappa shape index (κ3) is 4.55. The predicted molar refractivity (Wildman–Crippen MR) is 58.8 cm³/mol. The summed E-state index contributed by atoms with van der Waals surface area (Å²) in [6.07, 6.45) is 1.02. The molecule has 0 spiro atoms.